The Hall–Kier alpha value is -1.42. The Morgan fingerprint density at radius 3 is 2.79 bits per heavy atom. The number of carboxylic acid groups (broad SMARTS) is 1. The zero-order valence-electron chi connectivity index (χ0n) is 10.9. The van der Waals surface area contributed by atoms with Gasteiger partial charge >= 0.3 is 5.97 Å². The Morgan fingerprint density at radius 2 is 2.21 bits per heavy atom. The number of aromatic carboxylic acids is 1. The van der Waals surface area contributed by atoms with E-state index in [9.17, 15) is 9.90 Å². The molecule has 100 valence electrons. The van der Waals surface area contributed by atoms with E-state index in [0.717, 1.165) is 42.6 Å². The molecule has 4 heteroatoms. The lowest BCUT2D eigenvalue weighted by molar-refractivity contribution is 0.0690. The average molecular weight is 258 g/mol. The molecule has 2 aliphatic carbocycles. The number of carbonyl (C=O) groups is 1. The molecule has 4 nitrogen and oxygen atoms in total. The first-order valence-corrected chi connectivity index (χ1v) is 7.19. The Morgan fingerprint density at radius 1 is 1.37 bits per heavy atom. The summed E-state index contributed by atoms with van der Waals surface area (Å²) in [7, 11) is 0. The summed E-state index contributed by atoms with van der Waals surface area (Å²) >= 11 is 0. The van der Waals surface area contributed by atoms with E-state index in [0.29, 0.717) is 5.92 Å². The number of carboxylic acids is 1. The number of hydrogen-bond acceptors (Lipinski definition) is 3. The van der Waals surface area contributed by atoms with Crippen molar-refractivity contribution in [2.75, 3.05) is 6.54 Å². The van der Waals surface area contributed by atoms with E-state index in [4.69, 9.17) is 0 Å². The fourth-order valence-electron chi connectivity index (χ4n) is 3.32. The first-order chi connectivity index (χ1) is 9.20. The van der Waals surface area contributed by atoms with Crippen LogP contribution in [0.3, 0.4) is 0 Å². The SMILES string of the molecule is O=C(O)c1cc(CN2CCC3CC32)cc(C2CC2)n1. The molecular weight excluding hydrogens is 240 g/mol. The van der Waals surface area contributed by atoms with Crippen LogP contribution in [0.15, 0.2) is 12.1 Å². The van der Waals surface area contributed by atoms with Crippen LogP contribution >= 0.6 is 0 Å². The Kier molecular flexibility index (Phi) is 2.42. The second-order valence-electron chi connectivity index (χ2n) is 6.19. The van der Waals surface area contributed by atoms with Crippen LogP contribution in [0, 0.1) is 5.92 Å². The lowest BCUT2D eigenvalue weighted by atomic mass is 10.1. The van der Waals surface area contributed by atoms with Gasteiger partial charge < -0.3 is 5.11 Å². The summed E-state index contributed by atoms with van der Waals surface area (Å²) in [5, 5.41) is 9.18. The van der Waals surface area contributed by atoms with Gasteiger partial charge in [0.2, 0.25) is 0 Å². The van der Waals surface area contributed by atoms with E-state index in [1.165, 1.54) is 19.4 Å². The first kappa shape index (κ1) is 11.4. The third-order valence-corrected chi connectivity index (χ3v) is 4.65. The standard InChI is InChI=1S/C15H18N2O2/c18-15(19)13-6-9(5-12(16-13)10-1-2-10)8-17-4-3-11-7-14(11)17/h5-6,10-11,14H,1-4,7-8H2,(H,18,19). The molecule has 3 aliphatic rings. The fraction of sp³-hybridized carbons (Fsp3) is 0.600. The highest BCUT2D eigenvalue weighted by atomic mass is 16.4. The summed E-state index contributed by atoms with van der Waals surface area (Å²) in [4.78, 5) is 18.0. The summed E-state index contributed by atoms with van der Waals surface area (Å²) in [6, 6.07) is 4.65. The van der Waals surface area contributed by atoms with E-state index >= 15 is 0 Å². The number of piperidine rings is 1. The van der Waals surface area contributed by atoms with Crippen molar-refractivity contribution in [3.8, 4) is 0 Å². The maximum absolute atomic E-state index is 11.2. The van der Waals surface area contributed by atoms with Crippen molar-refractivity contribution in [3.05, 3.63) is 29.1 Å². The van der Waals surface area contributed by atoms with Gasteiger partial charge in [-0.05, 0) is 55.8 Å². The zero-order valence-corrected chi connectivity index (χ0v) is 10.9. The number of likely N-dealkylation sites (tertiary alicyclic amines) is 1. The Labute approximate surface area is 112 Å². The monoisotopic (exact) mass is 258 g/mol. The van der Waals surface area contributed by atoms with E-state index in [2.05, 4.69) is 16.0 Å². The van der Waals surface area contributed by atoms with Gasteiger partial charge in [0.15, 0.2) is 0 Å². The lowest BCUT2D eigenvalue weighted by Crippen LogP contribution is -2.23. The molecule has 1 aromatic heterocycles. The highest BCUT2D eigenvalue weighted by Crippen LogP contribution is 2.45. The van der Waals surface area contributed by atoms with Crippen LogP contribution in [0.25, 0.3) is 0 Å². The van der Waals surface area contributed by atoms with Crippen LogP contribution in [0.4, 0.5) is 0 Å². The summed E-state index contributed by atoms with van der Waals surface area (Å²) < 4.78 is 0. The van der Waals surface area contributed by atoms with Crippen molar-refractivity contribution < 1.29 is 9.90 Å². The molecule has 1 saturated heterocycles. The van der Waals surface area contributed by atoms with Crippen molar-refractivity contribution in [1.29, 1.82) is 0 Å². The Bertz CT molecular complexity index is 539. The largest absolute Gasteiger partial charge is 0.477 e. The summed E-state index contributed by atoms with van der Waals surface area (Å²) in [6.07, 6.45) is 4.97. The Balaban J connectivity index is 1.60. The van der Waals surface area contributed by atoms with Crippen molar-refractivity contribution in [1.82, 2.24) is 9.88 Å². The second kappa shape index (κ2) is 4.04. The van der Waals surface area contributed by atoms with Crippen molar-refractivity contribution in [2.45, 2.75) is 44.2 Å². The van der Waals surface area contributed by atoms with Gasteiger partial charge in [-0.15, -0.1) is 0 Å². The molecule has 2 saturated carbocycles. The van der Waals surface area contributed by atoms with Crippen LogP contribution in [0.2, 0.25) is 0 Å². The predicted octanol–water partition coefficient (Wildman–Crippen LogP) is 2.25. The van der Waals surface area contributed by atoms with Crippen LogP contribution in [0.5, 0.6) is 0 Å². The summed E-state index contributed by atoms with van der Waals surface area (Å²) in [6.45, 7) is 2.06. The lowest BCUT2D eigenvalue weighted by Gasteiger charge is -2.18. The molecule has 19 heavy (non-hydrogen) atoms. The maximum atomic E-state index is 11.2. The average Bonchev–Trinajstić information content (AvgIpc) is 3.30. The number of fused-ring (bicyclic) bond motifs is 1. The molecule has 0 spiro atoms. The van der Waals surface area contributed by atoms with Crippen molar-refractivity contribution in [2.24, 2.45) is 5.92 Å². The van der Waals surface area contributed by atoms with E-state index in [-0.39, 0.29) is 5.69 Å². The molecule has 0 bridgehead atoms. The van der Waals surface area contributed by atoms with E-state index in [1.54, 1.807) is 6.07 Å². The quantitative estimate of drug-likeness (QED) is 0.900. The van der Waals surface area contributed by atoms with Crippen LogP contribution in [0.1, 0.15) is 53.3 Å². The van der Waals surface area contributed by atoms with Gasteiger partial charge in [0.25, 0.3) is 0 Å². The summed E-state index contributed by atoms with van der Waals surface area (Å²) in [5.41, 5.74) is 2.33. The minimum Gasteiger partial charge on any atom is -0.477 e. The van der Waals surface area contributed by atoms with Gasteiger partial charge in [-0.3, -0.25) is 4.90 Å². The number of rotatable bonds is 4. The smallest absolute Gasteiger partial charge is 0.354 e. The molecule has 0 amide bonds. The third-order valence-electron chi connectivity index (χ3n) is 4.65. The molecule has 1 aliphatic heterocycles. The maximum Gasteiger partial charge on any atom is 0.354 e. The van der Waals surface area contributed by atoms with Crippen LogP contribution < -0.4 is 0 Å². The highest BCUT2D eigenvalue weighted by molar-refractivity contribution is 5.85. The van der Waals surface area contributed by atoms with E-state index in [1.807, 2.05) is 0 Å². The molecule has 4 rings (SSSR count). The molecule has 1 aromatic rings. The van der Waals surface area contributed by atoms with Gasteiger partial charge in [-0.1, -0.05) is 0 Å². The minimum atomic E-state index is -0.908. The number of pyridine rings is 1. The van der Waals surface area contributed by atoms with Crippen LogP contribution in [-0.4, -0.2) is 33.5 Å². The first-order valence-electron chi connectivity index (χ1n) is 7.19. The summed E-state index contributed by atoms with van der Waals surface area (Å²) in [5.74, 6) is 0.517. The number of hydrogen-bond donors (Lipinski definition) is 1. The third kappa shape index (κ3) is 2.14. The van der Waals surface area contributed by atoms with Gasteiger partial charge in [-0.2, -0.15) is 0 Å². The predicted molar refractivity (Wildman–Crippen MR) is 70.1 cm³/mol. The van der Waals surface area contributed by atoms with Crippen molar-refractivity contribution >= 4 is 5.97 Å². The van der Waals surface area contributed by atoms with Gasteiger partial charge in [0, 0.05) is 24.2 Å². The van der Waals surface area contributed by atoms with Gasteiger partial charge in [0.05, 0.1) is 0 Å². The molecular formula is C15H18N2O2. The second-order valence-corrected chi connectivity index (χ2v) is 6.19. The normalized spacial score (nSPS) is 29.3. The fourth-order valence-corrected chi connectivity index (χ4v) is 3.32. The number of nitrogens with zero attached hydrogens (tertiary/aromatic N) is 2. The zero-order chi connectivity index (χ0) is 13.0. The molecule has 2 heterocycles. The van der Waals surface area contributed by atoms with Gasteiger partial charge in [0.1, 0.15) is 5.69 Å². The molecule has 1 N–H and O–H groups in total. The highest BCUT2D eigenvalue weighted by Gasteiger charge is 2.46. The molecule has 2 atom stereocenters. The van der Waals surface area contributed by atoms with Crippen LogP contribution in [-0.2, 0) is 6.54 Å². The molecule has 3 fully saturated rings. The number of aromatic nitrogens is 1. The van der Waals surface area contributed by atoms with E-state index < -0.39 is 5.97 Å². The molecule has 0 aromatic carbocycles. The molecule has 0 radical (unpaired) electrons. The van der Waals surface area contributed by atoms with Crippen molar-refractivity contribution in [3.63, 3.8) is 0 Å². The molecule has 2 unspecified atom stereocenters. The topological polar surface area (TPSA) is 53.4 Å². The minimum absolute atomic E-state index is 0.214. The van der Waals surface area contributed by atoms with Gasteiger partial charge in [-0.25, -0.2) is 9.78 Å².